The summed E-state index contributed by atoms with van der Waals surface area (Å²) in [7, 11) is 1.37. The van der Waals surface area contributed by atoms with Crippen LogP contribution in [0.3, 0.4) is 0 Å². The van der Waals surface area contributed by atoms with Crippen molar-refractivity contribution < 1.29 is 18.7 Å². The number of carbonyl (C=O) groups excluding carboxylic acids is 2. The van der Waals surface area contributed by atoms with Gasteiger partial charge in [-0.05, 0) is 31.5 Å². The van der Waals surface area contributed by atoms with Gasteiger partial charge in [0.15, 0.2) is 17.3 Å². The molecule has 0 N–H and O–H groups in total. The fourth-order valence-corrected chi connectivity index (χ4v) is 1.79. The number of Topliss-reactive ketones (excluding diaryl/α,β-unsaturated/α-hetero) is 1. The lowest BCUT2D eigenvalue weighted by molar-refractivity contribution is -0.140. The van der Waals surface area contributed by atoms with Gasteiger partial charge >= 0.3 is 5.97 Å². The number of aromatic nitrogens is 1. The van der Waals surface area contributed by atoms with Crippen molar-refractivity contribution >= 4 is 22.9 Å². The summed E-state index contributed by atoms with van der Waals surface area (Å²) >= 11 is 0. The molecule has 0 fully saturated rings. The standard InChI is InChI=1S/C14H15NO4/c1-9(16)10-6-7-12-11(8-10)15-13(19-12)4-3-5-14(17)18-2/h6-8H,3-5H2,1-2H3. The lowest BCUT2D eigenvalue weighted by Gasteiger charge is -1.96. The highest BCUT2D eigenvalue weighted by atomic mass is 16.5. The average molecular weight is 261 g/mol. The van der Waals surface area contributed by atoms with E-state index in [1.54, 1.807) is 18.2 Å². The lowest BCUT2D eigenvalue weighted by Crippen LogP contribution is -2.00. The predicted octanol–water partition coefficient (Wildman–Crippen LogP) is 2.53. The molecule has 1 heterocycles. The number of oxazole rings is 1. The van der Waals surface area contributed by atoms with Crippen molar-refractivity contribution in [3.05, 3.63) is 29.7 Å². The van der Waals surface area contributed by atoms with Gasteiger partial charge in [-0.15, -0.1) is 0 Å². The van der Waals surface area contributed by atoms with E-state index in [1.165, 1.54) is 14.0 Å². The molecule has 1 aromatic carbocycles. The van der Waals surface area contributed by atoms with Crippen LogP contribution in [-0.2, 0) is 16.0 Å². The van der Waals surface area contributed by atoms with E-state index in [0.29, 0.717) is 41.8 Å². The highest BCUT2D eigenvalue weighted by Gasteiger charge is 2.09. The van der Waals surface area contributed by atoms with Crippen LogP contribution in [0, 0.1) is 0 Å². The van der Waals surface area contributed by atoms with Gasteiger partial charge in [-0.25, -0.2) is 4.98 Å². The molecular weight excluding hydrogens is 246 g/mol. The molecule has 0 spiro atoms. The second-order valence-corrected chi connectivity index (χ2v) is 4.28. The first-order valence-corrected chi connectivity index (χ1v) is 6.07. The van der Waals surface area contributed by atoms with E-state index in [-0.39, 0.29) is 11.8 Å². The Morgan fingerprint density at radius 1 is 1.37 bits per heavy atom. The summed E-state index contributed by atoms with van der Waals surface area (Å²) in [5.74, 6) is 0.326. The largest absolute Gasteiger partial charge is 0.469 e. The molecule has 0 saturated carbocycles. The number of aryl methyl sites for hydroxylation is 1. The molecule has 0 saturated heterocycles. The summed E-state index contributed by atoms with van der Waals surface area (Å²) in [6.07, 6.45) is 1.53. The van der Waals surface area contributed by atoms with Crippen molar-refractivity contribution in [3.63, 3.8) is 0 Å². The molecule has 2 aromatic rings. The highest BCUT2D eigenvalue weighted by molar-refractivity contribution is 5.96. The first kappa shape index (κ1) is 13.3. The predicted molar refractivity (Wildman–Crippen MR) is 69.0 cm³/mol. The first-order valence-electron chi connectivity index (χ1n) is 6.07. The highest BCUT2D eigenvalue weighted by Crippen LogP contribution is 2.18. The Hall–Kier alpha value is -2.17. The summed E-state index contributed by atoms with van der Waals surface area (Å²) in [4.78, 5) is 26.6. The van der Waals surface area contributed by atoms with E-state index < -0.39 is 0 Å². The van der Waals surface area contributed by atoms with Crippen molar-refractivity contribution in [2.75, 3.05) is 7.11 Å². The van der Waals surface area contributed by atoms with Gasteiger partial charge in [-0.3, -0.25) is 9.59 Å². The first-order chi connectivity index (χ1) is 9.10. The monoisotopic (exact) mass is 261 g/mol. The Morgan fingerprint density at radius 3 is 2.84 bits per heavy atom. The minimum atomic E-state index is -0.241. The number of nitrogens with zero attached hydrogens (tertiary/aromatic N) is 1. The van der Waals surface area contributed by atoms with E-state index in [4.69, 9.17) is 4.42 Å². The van der Waals surface area contributed by atoms with Crippen LogP contribution in [0.5, 0.6) is 0 Å². The summed E-state index contributed by atoms with van der Waals surface area (Å²) < 4.78 is 10.1. The Balaban J connectivity index is 2.09. The van der Waals surface area contributed by atoms with E-state index in [1.807, 2.05) is 0 Å². The van der Waals surface area contributed by atoms with Gasteiger partial charge in [0.1, 0.15) is 5.52 Å². The van der Waals surface area contributed by atoms with Crippen LogP contribution in [-0.4, -0.2) is 23.8 Å². The number of carbonyl (C=O) groups is 2. The van der Waals surface area contributed by atoms with Gasteiger partial charge in [0.05, 0.1) is 7.11 Å². The molecule has 0 bridgehead atoms. The van der Waals surface area contributed by atoms with Crippen LogP contribution in [0.4, 0.5) is 0 Å². The Morgan fingerprint density at radius 2 is 2.16 bits per heavy atom. The van der Waals surface area contributed by atoms with Gasteiger partial charge in [-0.1, -0.05) is 0 Å². The third-order valence-corrected chi connectivity index (χ3v) is 2.84. The van der Waals surface area contributed by atoms with Crippen molar-refractivity contribution in [3.8, 4) is 0 Å². The Labute approximate surface area is 110 Å². The van der Waals surface area contributed by atoms with Crippen molar-refractivity contribution in [2.45, 2.75) is 26.2 Å². The number of hydrogen-bond donors (Lipinski definition) is 0. The van der Waals surface area contributed by atoms with E-state index in [9.17, 15) is 9.59 Å². The van der Waals surface area contributed by atoms with Crippen LogP contribution in [0.2, 0.25) is 0 Å². The second kappa shape index (κ2) is 5.65. The average Bonchev–Trinajstić information content (AvgIpc) is 2.79. The van der Waals surface area contributed by atoms with Gasteiger partial charge in [0.2, 0.25) is 0 Å². The maximum Gasteiger partial charge on any atom is 0.305 e. The number of esters is 1. The maximum absolute atomic E-state index is 11.3. The van der Waals surface area contributed by atoms with Crippen molar-refractivity contribution in [2.24, 2.45) is 0 Å². The summed E-state index contributed by atoms with van der Waals surface area (Å²) in [6.45, 7) is 1.51. The molecule has 100 valence electrons. The van der Waals surface area contributed by atoms with Crippen LogP contribution in [0.1, 0.15) is 36.0 Å². The van der Waals surface area contributed by atoms with E-state index in [0.717, 1.165) is 0 Å². The molecule has 5 nitrogen and oxygen atoms in total. The van der Waals surface area contributed by atoms with Crippen molar-refractivity contribution in [1.82, 2.24) is 4.98 Å². The van der Waals surface area contributed by atoms with Gasteiger partial charge in [-0.2, -0.15) is 0 Å². The molecule has 2 rings (SSSR count). The molecular formula is C14H15NO4. The fourth-order valence-electron chi connectivity index (χ4n) is 1.79. The van der Waals surface area contributed by atoms with Gasteiger partial charge in [0, 0.05) is 18.4 Å². The molecule has 19 heavy (non-hydrogen) atoms. The zero-order valence-corrected chi connectivity index (χ0v) is 10.9. The molecule has 0 aliphatic heterocycles. The molecule has 0 radical (unpaired) electrons. The summed E-state index contributed by atoms with van der Waals surface area (Å²) in [6, 6.07) is 5.17. The maximum atomic E-state index is 11.3. The lowest BCUT2D eigenvalue weighted by atomic mass is 10.1. The van der Waals surface area contributed by atoms with E-state index in [2.05, 4.69) is 9.72 Å². The fraction of sp³-hybridized carbons (Fsp3) is 0.357. The topological polar surface area (TPSA) is 69.4 Å². The normalized spacial score (nSPS) is 10.6. The third-order valence-electron chi connectivity index (χ3n) is 2.84. The number of fused-ring (bicyclic) bond motifs is 1. The molecule has 1 aromatic heterocycles. The van der Waals surface area contributed by atoms with Crippen LogP contribution >= 0.6 is 0 Å². The quantitative estimate of drug-likeness (QED) is 0.611. The number of hydrogen-bond acceptors (Lipinski definition) is 5. The molecule has 0 aliphatic carbocycles. The zero-order chi connectivity index (χ0) is 13.8. The third kappa shape index (κ3) is 3.19. The van der Waals surface area contributed by atoms with Crippen molar-refractivity contribution in [1.29, 1.82) is 0 Å². The smallest absolute Gasteiger partial charge is 0.305 e. The number of rotatable bonds is 5. The van der Waals surface area contributed by atoms with E-state index >= 15 is 0 Å². The number of methoxy groups -OCH3 is 1. The van der Waals surface area contributed by atoms with Crippen LogP contribution in [0.15, 0.2) is 22.6 Å². The molecule has 0 amide bonds. The minimum absolute atomic E-state index is 0.00265. The van der Waals surface area contributed by atoms with Gasteiger partial charge in [0.25, 0.3) is 0 Å². The van der Waals surface area contributed by atoms with Crippen LogP contribution < -0.4 is 0 Å². The van der Waals surface area contributed by atoms with Crippen LogP contribution in [0.25, 0.3) is 11.1 Å². The summed E-state index contributed by atoms with van der Waals surface area (Å²) in [5.41, 5.74) is 1.93. The number of ether oxygens (including phenoxy) is 1. The minimum Gasteiger partial charge on any atom is -0.469 e. The Kier molecular flexibility index (Phi) is 3.94. The summed E-state index contributed by atoms with van der Waals surface area (Å²) in [5, 5.41) is 0. The molecule has 0 aliphatic rings. The second-order valence-electron chi connectivity index (χ2n) is 4.28. The number of ketones is 1. The molecule has 5 heteroatoms. The molecule has 0 unspecified atom stereocenters. The molecule has 0 atom stereocenters. The zero-order valence-electron chi connectivity index (χ0n) is 10.9. The number of benzene rings is 1. The Bertz CT molecular complexity index is 615. The SMILES string of the molecule is COC(=O)CCCc1nc2cc(C(C)=O)ccc2o1. The van der Waals surface area contributed by atoms with Gasteiger partial charge < -0.3 is 9.15 Å².